The highest BCUT2D eigenvalue weighted by atomic mass is 19.1. The number of likely N-dealkylation sites (tertiary alicyclic amines) is 1. The Morgan fingerprint density at radius 1 is 1.03 bits per heavy atom. The number of rotatable bonds is 5. The molecule has 7 heteroatoms. The summed E-state index contributed by atoms with van der Waals surface area (Å²) in [6, 6.07) is 14.5. The van der Waals surface area contributed by atoms with Crippen molar-refractivity contribution in [1.29, 1.82) is 0 Å². The fraction of sp³-hybridized carbons (Fsp3) is 0.320. The van der Waals surface area contributed by atoms with Gasteiger partial charge in [-0.2, -0.15) is 0 Å². The van der Waals surface area contributed by atoms with E-state index in [1.54, 1.807) is 36.9 Å². The molecule has 32 heavy (non-hydrogen) atoms. The highest BCUT2D eigenvalue weighted by Gasteiger charge is 2.57. The van der Waals surface area contributed by atoms with Crippen LogP contribution in [0, 0.1) is 5.82 Å². The third-order valence-corrected chi connectivity index (χ3v) is 6.39. The van der Waals surface area contributed by atoms with Crippen molar-refractivity contribution in [2.45, 2.75) is 24.6 Å². The van der Waals surface area contributed by atoms with Crippen LogP contribution in [0.5, 0.6) is 0 Å². The van der Waals surface area contributed by atoms with Crippen LogP contribution in [0.3, 0.4) is 0 Å². The molecule has 2 aromatic heterocycles. The number of morpholine rings is 1. The number of ether oxygens (including phenoxy) is 1. The van der Waals surface area contributed by atoms with E-state index in [1.807, 2.05) is 35.2 Å². The number of carbonyl (C=O) groups excluding carboxylic acids is 1. The van der Waals surface area contributed by atoms with Crippen LogP contribution in [-0.2, 0) is 22.6 Å². The summed E-state index contributed by atoms with van der Waals surface area (Å²) < 4.78 is 20.6. The van der Waals surface area contributed by atoms with E-state index in [0.717, 1.165) is 11.1 Å². The number of amides is 1. The van der Waals surface area contributed by atoms with Crippen LogP contribution in [0.25, 0.3) is 0 Å². The third-order valence-electron chi connectivity index (χ3n) is 6.39. The van der Waals surface area contributed by atoms with Crippen molar-refractivity contribution in [3.8, 4) is 0 Å². The molecule has 2 aliphatic rings. The summed E-state index contributed by atoms with van der Waals surface area (Å²) in [5.74, 6) is -0.442. The molecule has 1 spiro atoms. The van der Waals surface area contributed by atoms with E-state index in [0.29, 0.717) is 44.9 Å². The SMILES string of the molecule is O=C1N(Cc2ccncc2)CCO[C@@]12CN(Cc1ccccc1F)C[C@@H]2c1cccnc1. The first-order valence-electron chi connectivity index (χ1n) is 10.8. The average Bonchev–Trinajstić information content (AvgIpc) is 3.18. The van der Waals surface area contributed by atoms with Crippen LogP contribution in [0.2, 0.25) is 0 Å². The van der Waals surface area contributed by atoms with Gasteiger partial charge in [-0.15, -0.1) is 0 Å². The average molecular weight is 432 g/mol. The zero-order chi connectivity index (χ0) is 22.0. The second kappa shape index (κ2) is 8.76. The van der Waals surface area contributed by atoms with Crippen molar-refractivity contribution in [2.24, 2.45) is 0 Å². The van der Waals surface area contributed by atoms with E-state index < -0.39 is 5.60 Å². The van der Waals surface area contributed by atoms with E-state index in [1.165, 1.54) is 6.07 Å². The standard InChI is InChI=1S/C25H25FN4O2/c26-23-6-2-1-4-21(23)16-29-17-22(20-5-3-9-28-14-20)25(18-29)24(31)30(12-13-32-25)15-19-7-10-27-11-8-19/h1-11,14,22H,12-13,15-18H2/t22-,25-/m1/s1. The van der Waals surface area contributed by atoms with E-state index in [9.17, 15) is 9.18 Å². The molecule has 164 valence electrons. The van der Waals surface area contributed by atoms with Gasteiger partial charge in [0.25, 0.3) is 5.91 Å². The van der Waals surface area contributed by atoms with Gasteiger partial charge in [0.1, 0.15) is 5.82 Å². The molecular formula is C25H25FN4O2. The van der Waals surface area contributed by atoms with Gasteiger partial charge in [-0.05, 0) is 35.4 Å². The van der Waals surface area contributed by atoms with Gasteiger partial charge in [-0.25, -0.2) is 4.39 Å². The van der Waals surface area contributed by atoms with Crippen LogP contribution < -0.4 is 0 Å². The Morgan fingerprint density at radius 3 is 2.66 bits per heavy atom. The first-order chi connectivity index (χ1) is 15.7. The molecule has 1 amide bonds. The van der Waals surface area contributed by atoms with Crippen molar-refractivity contribution in [3.63, 3.8) is 0 Å². The molecule has 0 N–H and O–H groups in total. The van der Waals surface area contributed by atoms with E-state index >= 15 is 0 Å². The molecule has 5 rings (SSSR count). The van der Waals surface area contributed by atoms with Gasteiger partial charge < -0.3 is 9.64 Å². The van der Waals surface area contributed by atoms with E-state index in [2.05, 4.69) is 14.9 Å². The minimum atomic E-state index is -1.01. The maximum Gasteiger partial charge on any atom is 0.257 e. The van der Waals surface area contributed by atoms with Crippen molar-refractivity contribution in [2.75, 3.05) is 26.2 Å². The molecule has 0 bridgehead atoms. The first-order valence-corrected chi connectivity index (χ1v) is 10.8. The smallest absolute Gasteiger partial charge is 0.257 e. The molecule has 0 aliphatic carbocycles. The maximum absolute atomic E-state index is 14.3. The Hall–Kier alpha value is -3.16. The first kappa shape index (κ1) is 20.7. The zero-order valence-electron chi connectivity index (χ0n) is 17.7. The summed E-state index contributed by atoms with van der Waals surface area (Å²) in [5, 5.41) is 0. The van der Waals surface area contributed by atoms with Crippen molar-refractivity contribution in [1.82, 2.24) is 19.8 Å². The van der Waals surface area contributed by atoms with Crippen LogP contribution in [0.1, 0.15) is 22.6 Å². The van der Waals surface area contributed by atoms with Crippen LogP contribution in [0.4, 0.5) is 4.39 Å². The minimum Gasteiger partial charge on any atom is -0.361 e. The molecule has 3 aromatic rings. The number of aromatic nitrogens is 2. The lowest BCUT2D eigenvalue weighted by Gasteiger charge is -2.42. The van der Waals surface area contributed by atoms with Gasteiger partial charge in [-0.1, -0.05) is 24.3 Å². The molecule has 0 radical (unpaired) electrons. The van der Waals surface area contributed by atoms with E-state index in [4.69, 9.17) is 4.74 Å². The van der Waals surface area contributed by atoms with E-state index in [-0.39, 0.29) is 17.6 Å². The van der Waals surface area contributed by atoms with Gasteiger partial charge in [0, 0.05) is 69.0 Å². The summed E-state index contributed by atoms with van der Waals surface area (Å²) in [6.07, 6.45) is 7.00. The molecule has 2 atom stereocenters. The van der Waals surface area contributed by atoms with Crippen molar-refractivity contribution < 1.29 is 13.9 Å². The second-order valence-corrected chi connectivity index (χ2v) is 8.42. The van der Waals surface area contributed by atoms with Gasteiger partial charge in [-0.3, -0.25) is 19.7 Å². The quantitative estimate of drug-likeness (QED) is 0.620. The number of benzene rings is 1. The number of hydrogen-bond acceptors (Lipinski definition) is 5. The number of pyridine rings is 2. The Labute approximate surface area is 186 Å². The zero-order valence-corrected chi connectivity index (χ0v) is 17.7. The monoisotopic (exact) mass is 432 g/mol. The Balaban J connectivity index is 1.45. The normalized spacial score (nSPS) is 23.7. The molecule has 0 saturated carbocycles. The summed E-state index contributed by atoms with van der Waals surface area (Å²) >= 11 is 0. The Bertz CT molecular complexity index is 1080. The van der Waals surface area contributed by atoms with Gasteiger partial charge >= 0.3 is 0 Å². The summed E-state index contributed by atoms with van der Waals surface area (Å²) in [5.41, 5.74) is 1.60. The Morgan fingerprint density at radius 2 is 1.88 bits per heavy atom. The number of carbonyl (C=O) groups is 1. The van der Waals surface area contributed by atoms with Crippen molar-refractivity contribution >= 4 is 5.91 Å². The predicted molar refractivity (Wildman–Crippen MR) is 117 cm³/mol. The molecular weight excluding hydrogens is 407 g/mol. The molecule has 6 nitrogen and oxygen atoms in total. The molecule has 2 fully saturated rings. The summed E-state index contributed by atoms with van der Waals surface area (Å²) in [7, 11) is 0. The second-order valence-electron chi connectivity index (χ2n) is 8.42. The maximum atomic E-state index is 14.3. The van der Waals surface area contributed by atoms with Crippen LogP contribution in [0.15, 0.2) is 73.3 Å². The number of nitrogens with zero attached hydrogens (tertiary/aromatic N) is 4. The van der Waals surface area contributed by atoms with Crippen LogP contribution >= 0.6 is 0 Å². The van der Waals surface area contributed by atoms with Gasteiger partial charge in [0.2, 0.25) is 0 Å². The topological polar surface area (TPSA) is 58.6 Å². The molecule has 0 unspecified atom stereocenters. The number of hydrogen-bond donors (Lipinski definition) is 0. The van der Waals surface area contributed by atoms with Gasteiger partial charge in [0.05, 0.1) is 6.61 Å². The summed E-state index contributed by atoms with van der Waals surface area (Å²) in [4.78, 5) is 26.2. The lowest BCUT2D eigenvalue weighted by Crippen LogP contribution is -2.59. The molecule has 2 saturated heterocycles. The largest absolute Gasteiger partial charge is 0.361 e. The summed E-state index contributed by atoms with van der Waals surface area (Å²) in [6.45, 7) is 2.93. The predicted octanol–water partition coefficient (Wildman–Crippen LogP) is 3.01. The molecule has 4 heterocycles. The van der Waals surface area contributed by atoms with Gasteiger partial charge in [0.15, 0.2) is 5.60 Å². The fourth-order valence-electron chi connectivity index (χ4n) is 4.85. The highest BCUT2D eigenvalue weighted by Crippen LogP contribution is 2.42. The number of halogens is 1. The van der Waals surface area contributed by atoms with Crippen LogP contribution in [-0.4, -0.2) is 57.5 Å². The lowest BCUT2D eigenvalue weighted by atomic mass is 9.83. The third kappa shape index (κ3) is 3.89. The highest BCUT2D eigenvalue weighted by molar-refractivity contribution is 5.88. The lowest BCUT2D eigenvalue weighted by molar-refractivity contribution is -0.173. The van der Waals surface area contributed by atoms with Crippen molar-refractivity contribution in [3.05, 3.63) is 95.8 Å². The fourth-order valence-corrected chi connectivity index (χ4v) is 4.85. The Kier molecular flexibility index (Phi) is 5.68. The molecule has 1 aromatic carbocycles. The minimum absolute atomic E-state index is 0.0227. The molecule has 2 aliphatic heterocycles.